The molecule has 8 heavy (non-hydrogen) atoms. The lowest BCUT2D eigenvalue weighted by Gasteiger charge is -2.18. The van der Waals surface area contributed by atoms with Gasteiger partial charge >= 0.3 is 0 Å². The maximum atomic E-state index is 5.70. The van der Waals surface area contributed by atoms with E-state index >= 15 is 0 Å². The summed E-state index contributed by atoms with van der Waals surface area (Å²) in [6.45, 7) is 2.84. The van der Waals surface area contributed by atoms with Gasteiger partial charge in [-0.1, -0.05) is 11.6 Å². The molecule has 0 radical (unpaired) electrons. The lowest BCUT2D eigenvalue weighted by Crippen LogP contribution is -2.38. The molecule has 0 aromatic heterocycles. The Bertz CT molecular complexity index is 111. The summed E-state index contributed by atoms with van der Waals surface area (Å²) in [5.74, 6) is 0. The van der Waals surface area contributed by atoms with Crippen LogP contribution in [-0.2, 0) is 0 Å². The van der Waals surface area contributed by atoms with Gasteiger partial charge in [0.05, 0.1) is 11.7 Å². The van der Waals surface area contributed by atoms with Crippen molar-refractivity contribution in [1.29, 1.82) is 0 Å². The van der Waals surface area contributed by atoms with Crippen LogP contribution in [0.4, 0.5) is 0 Å². The van der Waals surface area contributed by atoms with Crippen molar-refractivity contribution in [2.75, 3.05) is 6.67 Å². The first-order chi connectivity index (χ1) is 3.80. The van der Waals surface area contributed by atoms with Gasteiger partial charge in [-0.25, -0.2) is 0 Å². The second kappa shape index (κ2) is 2.37. The van der Waals surface area contributed by atoms with E-state index in [0.717, 1.165) is 11.7 Å². The topological polar surface area (TPSA) is 24.1 Å². The normalized spacial score (nSPS) is 28.8. The van der Waals surface area contributed by atoms with E-state index in [9.17, 15) is 0 Å². The molecule has 0 saturated carbocycles. The van der Waals surface area contributed by atoms with Crippen molar-refractivity contribution >= 4 is 11.6 Å². The summed E-state index contributed by atoms with van der Waals surface area (Å²) in [5.41, 5.74) is 0. The van der Waals surface area contributed by atoms with Crippen molar-refractivity contribution in [1.82, 2.24) is 10.6 Å². The van der Waals surface area contributed by atoms with E-state index in [2.05, 4.69) is 10.6 Å². The first kappa shape index (κ1) is 5.92. The van der Waals surface area contributed by atoms with Gasteiger partial charge in [-0.05, 0) is 6.92 Å². The van der Waals surface area contributed by atoms with Crippen LogP contribution in [0.1, 0.15) is 6.92 Å². The Balaban J connectivity index is 2.53. The maximum absolute atomic E-state index is 5.70. The van der Waals surface area contributed by atoms with Crippen LogP contribution in [0.2, 0.25) is 0 Å². The lowest BCUT2D eigenvalue weighted by atomic mass is 10.3. The summed E-state index contributed by atoms with van der Waals surface area (Å²) in [5, 5.41) is 6.92. The van der Waals surface area contributed by atoms with E-state index in [1.807, 2.05) is 13.1 Å². The zero-order valence-electron chi connectivity index (χ0n) is 4.74. The van der Waals surface area contributed by atoms with Crippen LogP contribution >= 0.6 is 11.6 Å². The Morgan fingerprint density at radius 1 is 1.88 bits per heavy atom. The van der Waals surface area contributed by atoms with E-state index in [1.54, 1.807) is 0 Å². The lowest BCUT2D eigenvalue weighted by molar-refractivity contribution is 0.566. The molecule has 1 rings (SSSR count). The molecule has 0 aliphatic carbocycles. The van der Waals surface area contributed by atoms with Gasteiger partial charge < -0.3 is 5.32 Å². The molecule has 2 nitrogen and oxygen atoms in total. The molecule has 1 aliphatic rings. The fourth-order valence-electron chi connectivity index (χ4n) is 0.583. The second-order valence-electron chi connectivity index (χ2n) is 1.84. The van der Waals surface area contributed by atoms with Gasteiger partial charge in [0.15, 0.2) is 0 Å². The molecule has 0 unspecified atom stereocenters. The number of hydrogen-bond donors (Lipinski definition) is 2. The van der Waals surface area contributed by atoms with Crippen molar-refractivity contribution in [2.45, 2.75) is 13.0 Å². The number of rotatable bonds is 0. The number of hydrogen-bond acceptors (Lipinski definition) is 2. The van der Waals surface area contributed by atoms with Crippen molar-refractivity contribution in [3.8, 4) is 0 Å². The van der Waals surface area contributed by atoms with Gasteiger partial charge in [-0.3, -0.25) is 5.32 Å². The smallest absolute Gasteiger partial charge is 0.0653 e. The summed E-state index contributed by atoms with van der Waals surface area (Å²) in [4.78, 5) is 0. The molecule has 46 valence electrons. The Kier molecular flexibility index (Phi) is 1.76. The van der Waals surface area contributed by atoms with E-state index in [4.69, 9.17) is 11.6 Å². The highest BCUT2D eigenvalue weighted by atomic mass is 35.5. The molecule has 0 amide bonds. The summed E-state index contributed by atoms with van der Waals surface area (Å²) in [7, 11) is 0. The van der Waals surface area contributed by atoms with E-state index in [-0.39, 0.29) is 0 Å². The average Bonchev–Trinajstić information content (AvgIpc) is 1.77. The van der Waals surface area contributed by atoms with Gasteiger partial charge in [0, 0.05) is 12.2 Å². The third-order valence-electron chi connectivity index (χ3n) is 1.16. The molecule has 0 fully saturated rings. The Labute approximate surface area is 53.9 Å². The molecule has 0 aromatic carbocycles. The average molecular weight is 133 g/mol. The minimum Gasteiger partial charge on any atom is -0.377 e. The highest BCUT2D eigenvalue weighted by Crippen LogP contribution is 2.07. The zero-order chi connectivity index (χ0) is 5.98. The van der Waals surface area contributed by atoms with Gasteiger partial charge in [-0.2, -0.15) is 0 Å². The standard InChI is InChI=1S/C5H9ClN2/c1-4-5(6)2-7-3-8-4/h2,4,7-8H,3H2,1H3/t4-/m1/s1. The molecule has 0 saturated heterocycles. The third-order valence-corrected chi connectivity index (χ3v) is 1.60. The Morgan fingerprint density at radius 3 is 3.00 bits per heavy atom. The minimum absolute atomic E-state index is 0.318. The number of nitrogens with one attached hydrogen (secondary N) is 2. The fraction of sp³-hybridized carbons (Fsp3) is 0.600. The highest BCUT2D eigenvalue weighted by molar-refractivity contribution is 6.30. The van der Waals surface area contributed by atoms with Crippen molar-refractivity contribution in [3.63, 3.8) is 0 Å². The predicted octanol–water partition coefficient (Wildman–Crippen LogP) is 0.605. The first-order valence-corrected chi connectivity index (χ1v) is 3.01. The summed E-state index contributed by atoms with van der Waals surface area (Å²) in [6.07, 6.45) is 1.82. The zero-order valence-corrected chi connectivity index (χ0v) is 5.50. The van der Waals surface area contributed by atoms with Crippen LogP contribution in [0.5, 0.6) is 0 Å². The Morgan fingerprint density at radius 2 is 2.62 bits per heavy atom. The van der Waals surface area contributed by atoms with Crippen molar-refractivity contribution in [3.05, 3.63) is 11.2 Å². The van der Waals surface area contributed by atoms with Crippen LogP contribution in [0.15, 0.2) is 11.2 Å². The van der Waals surface area contributed by atoms with Crippen LogP contribution in [0.3, 0.4) is 0 Å². The molecule has 1 aliphatic heterocycles. The third kappa shape index (κ3) is 1.14. The van der Waals surface area contributed by atoms with Gasteiger partial charge in [-0.15, -0.1) is 0 Å². The maximum Gasteiger partial charge on any atom is 0.0653 e. The molecule has 0 spiro atoms. The van der Waals surface area contributed by atoms with Crippen LogP contribution < -0.4 is 10.6 Å². The summed E-state index contributed by atoms with van der Waals surface area (Å²) >= 11 is 5.70. The molecule has 1 heterocycles. The highest BCUT2D eigenvalue weighted by Gasteiger charge is 2.07. The van der Waals surface area contributed by atoms with Crippen LogP contribution in [0, 0.1) is 0 Å². The van der Waals surface area contributed by atoms with Crippen LogP contribution in [-0.4, -0.2) is 12.7 Å². The monoisotopic (exact) mass is 132 g/mol. The quantitative estimate of drug-likeness (QED) is 0.505. The van der Waals surface area contributed by atoms with Crippen molar-refractivity contribution in [2.24, 2.45) is 0 Å². The second-order valence-corrected chi connectivity index (χ2v) is 2.27. The molecular formula is C5H9ClN2. The molecular weight excluding hydrogens is 124 g/mol. The van der Waals surface area contributed by atoms with E-state index in [0.29, 0.717) is 6.04 Å². The SMILES string of the molecule is C[C@H]1NCNC=C1Cl. The van der Waals surface area contributed by atoms with Crippen LogP contribution in [0.25, 0.3) is 0 Å². The van der Waals surface area contributed by atoms with Crippen molar-refractivity contribution < 1.29 is 0 Å². The first-order valence-electron chi connectivity index (χ1n) is 2.63. The molecule has 2 N–H and O–H groups in total. The van der Waals surface area contributed by atoms with E-state index in [1.165, 1.54) is 0 Å². The minimum atomic E-state index is 0.318. The van der Waals surface area contributed by atoms with Gasteiger partial charge in [0.25, 0.3) is 0 Å². The number of halogens is 1. The summed E-state index contributed by atoms with van der Waals surface area (Å²) in [6, 6.07) is 0.318. The molecule has 1 atom stereocenters. The van der Waals surface area contributed by atoms with Gasteiger partial charge in [0.2, 0.25) is 0 Å². The predicted molar refractivity (Wildman–Crippen MR) is 34.5 cm³/mol. The fourth-order valence-corrected chi connectivity index (χ4v) is 0.737. The molecule has 0 bridgehead atoms. The van der Waals surface area contributed by atoms with Gasteiger partial charge in [0.1, 0.15) is 0 Å². The Hall–Kier alpha value is -0.210. The van der Waals surface area contributed by atoms with E-state index < -0.39 is 0 Å². The largest absolute Gasteiger partial charge is 0.377 e. The summed E-state index contributed by atoms with van der Waals surface area (Å²) < 4.78 is 0. The molecule has 3 heteroatoms. The molecule has 0 aromatic rings.